The third kappa shape index (κ3) is 19.7. The number of nitrogens with zero attached hydrogens (tertiary/aromatic N) is 1. The standard InChI is InChI=1S/C20H41N/c1-4-5-6-7-8-9-10-11-12-13-14-15-16-17-18-19-20-21(2)3/h11-12H,4-10,13-20H2,1-3H3. The lowest BCUT2D eigenvalue weighted by Gasteiger charge is -2.08. The van der Waals surface area contributed by atoms with Gasteiger partial charge in [0.1, 0.15) is 0 Å². The van der Waals surface area contributed by atoms with E-state index < -0.39 is 0 Å². The van der Waals surface area contributed by atoms with Gasteiger partial charge in [0.05, 0.1) is 0 Å². The zero-order chi connectivity index (χ0) is 15.6. The molecule has 0 aliphatic rings. The van der Waals surface area contributed by atoms with Gasteiger partial charge < -0.3 is 4.90 Å². The molecule has 0 aromatic heterocycles. The number of hydrogen-bond donors (Lipinski definition) is 0. The van der Waals surface area contributed by atoms with Crippen LogP contribution < -0.4 is 0 Å². The average Bonchev–Trinajstić information content (AvgIpc) is 2.46. The van der Waals surface area contributed by atoms with Crippen LogP contribution in [0.5, 0.6) is 0 Å². The van der Waals surface area contributed by atoms with Gasteiger partial charge in [-0.15, -0.1) is 0 Å². The van der Waals surface area contributed by atoms with Crippen molar-refractivity contribution >= 4 is 0 Å². The number of unbranched alkanes of at least 4 members (excludes halogenated alkanes) is 12. The lowest BCUT2D eigenvalue weighted by Crippen LogP contribution is -2.12. The molecule has 0 aromatic carbocycles. The molecule has 126 valence electrons. The van der Waals surface area contributed by atoms with E-state index in [1.165, 1.54) is 96.4 Å². The van der Waals surface area contributed by atoms with Crippen LogP contribution in [0, 0.1) is 0 Å². The summed E-state index contributed by atoms with van der Waals surface area (Å²) < 4.78 is 0. The average molecular weight is 296 g/mol. The van der Waals surface area contributed by atoms with Gasteiger partial charge in [0.25, 0.3) is 0 Å². The first-order valence-electron chi connectivity index (χ1n) is 9.57. The van der Waals surface area contributed by atoms with E-state index in [1.54, 1.807) is 0 Å². The summed E-state index contributed by atoms with van der Waals surface area (Å²) in [5, 5.41) is 0. The van der Waals surface area contributed by atoms with E-state index in [9.17, 15) is 0 Å². The maximum Gasteiger partial charge on any atom is -0.00248 e. The van der Waals surface area contributed by atoms with Crippen LogP contribution in [-0.4, -0.2) is 25.5 Å². The summed E-state index contributed by atoms with van der Waals surface area (Å²) in [5.74, 6) is 0. The Balaban J connectivity index is 3.05. The Morgan fingerprint density at radius 2 is 1.00 bits per heavy atom. The predicted octanol–water partition coefficient (Wildman–Crippen LogP) is 6.59. The highest BCUT2D eigenvalue weighted by Gasteiger charge is 1.92. The normalized spacial score (nSPS) is 11.8. The minimum atomic E-state index is 1.25. The second-order valence-corrected chi connectivity index (χ2v) is 6.74. The van der Waals surface area contributed by atoms with E-state index in [2.05, 4.69) is 38.1 Å². The molecular weight excluding hydrogens is 254 g/mol. The van der Waals surface area contributed by atoms with Crippen molar-refractivity contribution in [2.24, 2.45) is 0 Å². The fourth-order valence-corrected chi connectivity index (χ4v) is 2.68. The van der Waals surface area contributed by atoms with Crippen LogP contribution in [0.3, 0.4) is 0 Å². The molecule has 0 saturated heterocycles. The molecule has 0 aliphatic heterocycles. The van der Waals surface area contributed by atoms with Crippen molar-refractivity contribution in [3.63, 3.8) is 0 Å². The molecular formula is C20H41N. The monoisotopic (exact) mass is 295 g/mol. The Kier molecular flexibility index (Phi) is 17.5. The molecule has 0 aromatic rings. The Hall–Kier alpha value is -0.300. The van der Waals surface area contributed by atoms with Crippen molar-refractivity contribution < 1.29 is 0 Å². The first kappa shape index (κ1) is 20.7. The highest BCUT2D eigenvalue weighted by molar-refractivity contribution is 4.81. The zero-order valence-electron chi connectivity index (χ0n) is 15.2. The molecule has 0 spiro atoms. The van der Waals surface area contributed by atoms with Gasteiger partial charge in [-0.05, 0) is 52.7 Å². The van der Waals surface area contributed by atoms with Gasteiger partial charge in [0, 0.05) is 0 Å². The highest BCUT2D eigenvalue weighted by atomic mass is 15.0. The van der Waals surface area contributed by atoms with E-state index >= 15 is 0 Å². The van der Waals surface area contributed by atoms with Crippen molar-refractivity contribution in [2.45, 2.75) is 96.8 Å². The molecule has 0 radical (unpaired) electrons. The Morgan fingerprint density at radius 3 is 1.48 bits per heavy atom. The van der Waals surface area contributed by atoms with Crippen LogP contribution in [0.4, 0.5) is 0 Å². The van der Waals surface area contributed by atoms with Crippen molar-refractivity contribution in [1.29, 1.82) is 0 Å². The maximum absolute atomic E-state index is 2.41. The smallest absolute Gasteiger partial charge is 0.00248 e. The summed E-state index contributed by atoms with van der Waals surface area (Å²) >= 11 is 0. The first-order chi connectivity index (χ1) is 10.3. The molecule has 0 bridgehead atoms. The fourth-order valence-electron chi connectivity index (χ4n) is 2.68. The molecule has 1 nitrogen and oxygen atoms in total. The number of hydrogen-bond acceptors (Lipinski definition) is 1. The van der Waals surface area contributed by atoms with Gasteiger partial charge in [-0.25, -0.2) is 0 Å². The van der Waals surface area contributed by atoms with Gasteiger partial charge in [-0.2, -0.15) is 0 Å². The van der Waals surface area contributed by atoms with Crippen LogP contribution in [0.1, 0.15) is 96.8 Å². The molecule has 0 saturated carbocycles. The summed E-state index contributed by atoms with van der Waals surface area (Å²) in [5.41, 5.74) is 0. The molecule has 0 atom stereocenters. The molecule has 0 rings (SSSR count). The van der Waals surface area contributed by atoms with Crippen molar-refractivity contribution in [2.75, 3.05) is 20.6 Å². The summed E-state index contributed by atoms with van der Waals surface area (Å²) in [6, 6.07) is 0. The van der Waals surface area contributed by atoms with E-state index in [-0.39, 0.29) is 0 Å². The molecule has 0 amide bonds. The number of allylic oxidation sites excluding steroid dienone is 2. The summed E-state index contributed by atoms with van der Waals surface area (Å²) in [7, 11) is 4.33. The van der Waals surface area contributed by atoms with Gasteiger partial charge in [0.2, 0.25) is 0 Å². The van der Waals surface area contributed by atoms with Gasteiger partial charge >= 0.3 is 0 Å². The molecule has 0 fully saturated rings. The SMILES string of the molecule is CCCCCCCCC=CCCCCCCCCN(C)C. The number of rotatable bonds is 16. The van der Waals surface area contributed by atoms with Crippen LogP contribution in [0.2, 0.25) is 0 Å². The molecule has 21 heavy (non-hydrogen) atoms. The fraction of sp³-hybridized carbons (Fsp3) is 0.900. The molecule has 0 N–H and O–H groups in total. The van der Waals surface area contributed by atoms with E-state index in [0.717, 1.165) is 0 Å². The maximum atomic E-state index is 2.41. The lowest BCUT2D eigenvalue weighted by molar-refractivity contribution is 0.389. The molecule has 0 aliphatic carbocycles. The summed E-state index contributed by atoms with van der Waals surface area (Å²) in [6.07, 6.45) is 24.3. The molecule has 0 heterocycles. The van der Waals surface area contributed by atoms with Crippen molar-refractivity contribution in [3.8, 4) is 0 Å². The van der Waals surface area contributed by atoms with Crippen LogP contribution in [0.15, 0.2) is 12.2 Å². The van der Waals surface area contributed by atoms with E-state index in [0.29, 0.717) is 0 Å². The topological polar surface area (TPSA) is 3.24 Å². The lowest BCUT2D eigenvalue weighted by atomic mass is 10.1. The Morgan fingerprint density at radius 1 is 0.571 bits per heavy atom. The van der Waals surface area contributed by atoms with Crippen LogP contribution in [-0.2, 0) is 0 Å². The Bertz CT molecular complexity index is 208. The van der Waals surface area contributed by atoms with Crippen molar-refractivity contribution in [1.82, 2.24) is 4.90 Å². The van der Waals surface area contributed by atoms with E-state index in [1.807, 2.05) is 0 Å². The first-order valence-corrected chi connectivity index (χ1v) is 9.57. The predicted molar refractivity (Wildman–Crippen MR) is 98.0 cm³/mol. The summed E-state index contributed by atoms with van der Waals surface area (Å²) in [4.78, 5) is 2.29. The van der Waals surface area contributed by atoms with Crippen LogP contribution >= 0.6 is 0 Å². The van der Waals surface area contributed by atoms with E-state index in [4.69, 9.17) is 0 Å². The van der Waals surface area contributed by atoms with Crippen LogP contribution in [0.25, 0.3) is 0 Å². The molecule has 1 heteroatoms. The zero-order valence-corrected chi connectivity index (χ0v) is 15.2. The second-order valence-electron chi connectivity index (χ2n) is 6.74. The third-order valence-corrected chi connectivity index (χ3v) is 4.12. The van der Waals surface area contributed by atoms with Gasteiger partial charge in [-0.1, -0.05) is 76.9 Å². The second kappa shape index (κ2) is 17.8. The van der Waals surface area contributed by atoms with Gasteiger partial charge in [0.15, 0.2) is 0 Å². The minimum Gasteiger partial charge on any atom is -0.309 e. The minimum absolute atomic E-state index is 1.25. The molecule has 0 unspecified atom stereocenters. The van der Waals surface area contributed by atoms with Crippen molar-refractivity contribution in [3.05, 3.63) is 12.2 Å². The largest absolute Gasteiger partial charge is 0.309 e. The van der Waals surface area contributed by atoms with Gasteiger partial charge in [-0.3, -0.25) is 0 Å². The summed E-state index contributed by atoms with van der Waals surface area (Å²) in [6.45, 7) is 3.54. The highest BCUT2D eigenvalue weighted by Crippen LogP contribution is 2.09. The Labute approximate surface area is 135 Å². The third-order valence-electron chi connectivity index (χ3n) is 4.12. The quantitative estimate of drug-likeness (QED) is 0.229.